The van der Waals surface area contributed by atoms with E-state index in [0.29, 0.717) is 11.3 Å². The van der Waals surface area contributed by atoms with Crippen LogP contribution in [-0.4, -0.2) is 41.1 Å². The summed E-state index contributed by atoms with van der Waals surface area (Å²) in [5, 5.41) is 11.6. The molecular formula is C17H20N2O5. The maximum atomic E-state index is 12.4. The standard InChI is InChI=1S/C17H20N2O5/c1-3-24-16(22)14-11(2)19(10-9-13(20)21)17(23)18-15(14)12-7-5-4-6-8-12/h4-8,15H,3,9-10H2,1-2H3,(H,18,23)(H,20,21)/t15-/m1/s1. The highest BCUT2D eigenvalue weighted by atomic mass is 16.5. The molecule has 1 aromatic rings. The molecule has 0 aliphatic carbocycles. The van der Waals surface area contributed by atoms with Gasteiger partial charge in [0.25, 0.3) is 0 Å². The predicted molar refractivity (Wildman–Crippen MR) is 86.0 cm³/mol. The SMILES string of the molecule is CCOC(=O)C1=C(C)N(CCC(=O)O)C(=O)N[C@@H]1c1ccccc1. The van der Waals surface area contributed by atoms with Gasteiger partial charge in [0.05, 0.1) is 24.6 Å². The quantitative estimate of drug-likeness (QED) is 0.778. The van der Waals surface area contributed by atoms with E-state index >= 15 is 0 Å². The van der Waals surface area contributed by atoms with E-state index in [2.05, 4.69) is 5.32 Å². The molecule has 0 saturated carbocycles. The summed E-state index contributed by atoms with van der Waals surface area (Å²) in [5.41, 5.74) is 1.48. The summed E-state index contributed by atoms with van der Waals surface area (Å²) in [7, 11) is 0. The topological polar surface area (TPSA) is 95.9 Å². The molecule has 0 bridgehead atoms. The van der Waals surface area contributed by atoms with E-state index in [9.17, 15) is 14.4 Å². The summed E-state index contributed by atoms with van der Waals surface area (Å²) >= 11 is 0. The van der Waals surface area contributed by atoms with Crippen LogP contribution in [0.25, 0.3) is 0 Å². The second-order valence-corrected chi connectivity index (χ2v) is 5.31. The molecule has 0 saturated heterocycles. The van der Waals surface area contributed by atoms with Crippen LogP contribution in [0.4, 0.5) is 4.79 Å². The van der Waals surface area contributed by atoms with Crippen LogP contribution in [0, 0.1) is 0 Å². The zero-order valence-electron chi connectivity index (χ0n) is 13.6. The van der Waals surface area contributed by atoms with E-state index in [1.807, 2.05) is 30.3 Å². The molecule has 0 radical (unpaired) electrons. The molecule has 1 aromatic carbocycles. The maximum absolute atomic E-state index is 12.4. The number of amides is 2. The summed E-state index contributed by atoms with van der Waals surface area (Å²) in [6.07, 6.45) is -0.211. The van der Waals surface area contributed by atoms with E-state index < -0.39 is 24.0 Å². The van der Waals surface area contributed by atoms with Gasteiger partial charge in [-0.2, -0.15) is 0 Å². The first-order valence-electron chi connectivity index (χ1n) is 7.68. The zero-order chi connectivity index (χ0) is 17.7. The molecule has 0 aromatic heterocycles. The minimum absolute atomic E-state index is 0.0165. The number of hydrogen-bond acceptors (Lipinski definition) is 4. The van der Waals surface area contributed by atoms with Gasteiger partial charge in [0, 0.05) is 12.2 Å². The molecule has 7 nitrogen and oxygen atoms in total. The Morgan fingerprint density at radius 3 is 2.54 bits per heavy atom. The van der Waals surface area contributed by atoms with E-state index in [1.54, 1.807) is 13.8 Å². The number of hydrogen-bond donors (Lipinski definition) is 2. The van der Waals surface area contributed by atoms with Crippen molar-refractivity contribution in [3.63, 3.8) is 0 Å². The minimum Gasteiger partial charge on any atom is -0.481 e. The lowest BCUT2D eigenvalue weighted by Gasteiger charge is -2.35. The summed E-state index contributed by atoms with van der Waals surface area (Å²) in [4.78, 5) is 36.8. The average molecular weight is 332 g/mol. The Morgan fingerprint density at radius 1 is 1.29 bits per heavy atom. The number of allylic oxidation sites excluding steroid dienone is 1. The van der Waals surface area contributed by atoms with Gasteiger partial charge in [-0.25, -0.2) is 9.59 Å². The molecular weight excluding hydrogens is 312 g/mol. The number of aliphatic carboxylic acids is 1. The summed E-state index contributed by atoms with van der Waals surface area (Å²) in [6, 6.07) is 8.03. The van der Waals surface area contributed by atoms with Crippen LogP contribution >= 0.6 is 0 Å². The van der Waals surface area contributed by atoms with Crippen molar-refractivity contribution in [3.8, 4) is 0 Å². The number of carbonyl (C=O) groups excluding carboxylic acids is 2. The Labute approximate surface area is 139 Å². The summed E-state index contributed by atoms with van der Waals surface area (Å²) < 4.78 is 5.12. The monoisotopic (exact) mass is 332 g/mol. The number of benzene rings is 1. The Hall–Kier alpha value is -2.83. The van der Waals surface area contributed by atoms with E-state index in [0.717, 1.165) is 5.56 Å². The van der Waals surface area contributed by atoms with Crippen molar-refractivity contribution < 1.29 is 24.2 Å². The molecule has 128 valence electrons. The first-order valence-corrected chi connectivity index (χ1v) is 7.68. The number of nitrogens with one attached hydrogen (secondary N) is 1. The molecule has 2 rings (SSSR count). The van der Waals surface area contributed by atoms with Crippen molar-refractivity contribution in [2.45, 2.75) is 26.3 Å². The van der Waals surface area contributed by atoms with Crippen LogP contribution in [0.2, 0.25) is 0 Å². The van der Waals surface area contributed by atoms with Crippen molar-refractivity contribution in [1.29, 1.82) is 0 Å². The fourth-order valence-corrected chi connectivity index (χ4v) is 2.63. The molecule has 2 N–H and O–H groups in total. The number of rotatable bonds is 6. The average Bonchev–Trinajstić information content (AvgIpc) is 2.54. The maximum Gasteiger partial charge on any atom is 0.338 e. The van der Waals surface area contributed by atoms with Crippen LogP contribution < -0.4 is 5.32 Å². The fourth-order valence-electron chi connectivity index (χ4n) is 2.63. The molecule has 0 fully saturated rings. The van der Waals surface area contributed by atoms with Crippen LogP contribution in [0.15, 0.2) is 41.6 Å². The number of carboxylic acids is 1. The van der Waals surface area contributed by atoms with Gasteiger partial charge in [-0.05, 0) is 19.4 Å². The highest BCUT2D eigenvalue weighted by Crippen LogP contribution is 2.31. The lowest BCUT2D eigenvalue weighted by Crippen LogP contribution is -2.48. The van der Waals surface area contributed by atoms with Gasteiger partial charge >= 0.3 is 18.0 Å². The molecule has 1 heterocycles. The van der Waals surface area contributed by atoms with Gasteiger partial charge in [0.1, 0.15) is 0 Å². The van der Waals surface area contributed by atoms with Gasteiger partial charge < -0.3 is 15.2 Å². The van der Waals surface area contributed by atoms with Crippen LogP contribution in [0.1, 0.15) is 31.9 Å². The van der Waals surface area contributed by atoms with Crippen LogP contribution in [0.3, 0.4) is 0 Å². The second-order valence-electron chi connectivity index (χ2n) is 5.31. The highest BCUT2D eigenvalue weighted by molar-refractivity contribution is 5.95. The van der Waals surface area contributed by atoms with Crippen molar-refractivity contribution >= 4 is 18.0 Å². The molecule has 2 amide bonds. The minimum atomic E-state index is -1.02. The third kappa shape index (κ3) is 3.73. The number of esters is 1. The summed E-state index contributed by atoms with van der Waals surface area (Å²) in [6.45, 7) is 3.52. The van der Waals surface area contributed by atoms with Crippen molar-refractivity contribution in [2.24, 2.45) is 0 Å². The largest absolute Gasteiger partial charge is 0.481 e. The lowest BCUT2D eigenvalue weighted by atomic mass is 9.95. The van der Waals surface area contributed by atoms with Crippen molar-refractivity contribution in [2.75, 3.05) is 13.2 Å². The van der Waals surface area contributed by atoms with Gasteiger partial charge in [-0.3, -0.25) is 9.69 Å². The second kappa shape index (κ2) is 7.63. The van der Waals surface area contributed by atoms with E-state index in [1.165, 1.54) is 4.90 Å². The number of urea groups is 1. The van der Waals surface area contributed by atoms with Crippen molar-refractivity contribution in [3.05, 3.63) is 47.2 Å². The van der Waals surface area contributed by atoms with Crippen molar-refractivity contribution in [1.82, 2.24) is 10.2 Å². The predicted octanol–water partition coefficient (Wildman–Crippen LogP) is 2.06. The van der Waals surface area contributed by atoms with E-state index in [-0.39, 0.29) is 19.6 Å². The Kier molecular flexibility index (Phi) is 5.57. The number of carboxylic acid groups (broad SMARTS) is 1. The molecule has 1 aliphatic heterocycles. The lowest BCUT2D eigenvalue weighted by molar-refractivity contribution is -0.139. The Morgan fingerprint density at radius 2 is 1.96 bits per heavy atom. The van der Waals surface area contributed by atoms with Gasteiger partial charge in [0.2, 0.25) is 0 Å². The smallest absolute Gasteiger partial charge is 0.338 e. The number of ether oxygens (including phenoxy) is 1. The Bertz CT molecular complexity index is 669. The first kappa shape index (κ1) is 17.5. The van der Waals surface area contributed by atoms with Gasteiger partial charge in [0.15, 0.2) is 0 Å². The normalized spacial score (nSPS) is 17.5. The molecule has 24 heavy (non-hydrogen) atoms. The molecule has 0 unspecified atom stereocenters. The first-order chi connectivity index (χ1) is 11.5. The summed E-state index contributed by atoms with van der Waals surface area (Å²) in [5.74, 6) is -1.54. The van der Waals surface area contributed by atoms with E-state index in [4.69, 9.17) is 9.84 Å². The van der Waals surface area contributed by atoms with Crippen LogP contribution in [0.5, 0.6) is 0 Å². The third-order valence-corrected chi connectivity index (χ3v) is 3.77. The van der Waals surface area contributed by atoms with Crippen LogP contribution in [-0.2, 0) is 14.3 Å². The van der Waals surface area contributed by atoms with Gasteiger partial charge in [-0.1, -0.05) is 30.3 Å². The zero-order valence-corrected chi connectivity index (χ0v) is 13.6. The third-order valence-electron chi connectivity index (χ3n) is 3.77. The molecule has 1 atom stereocenters. The molecule has 1 aliphatic rings. The molecule has 0 spiro atoms. The van der Waals surface area contributed by atoms with Gasteiger partial charge in [-0.15, -0.1) is 0 Å². The number of nitrogens with zero attached hydrogens (tertiary/aromatic N) is 1. The number of carbonyl (C=O) groups is 3. The molecule has 7 heteroatoms. The highest BCUT2D eigenvalue weighted by Gasteiger charge is 2.36. The Balaban J connectivity index is 2.43. The fraction of sp³-hybridized carbons (Fsp3) is 0.353.